The van der Waals surface area contributed by atoms with E-state index in [4.69, 9.17) is 0 Å². The van der Waals surface area contributed by atoms with Gasteiger partial charge in [-0.05, 0) is 23.1 Å². The number of nitrogens with zero attached hydrogens (tertiary/aromatic N) is 2. The molecule has 0 unspecified atom stereocenters. The quantitative estimate of drug-likeness (QED) is 0.743. The summed E-state index contributed by atoms with van der Waals surface area (Å²) in [5, 5.41) is 2.28. The number of rotatable bonds is 4. The monoisotopic (exact) mass is 302 g/mol. The molecule has 0 aliphatic rings. The van der Waals surface area contributed by atoms with Crippen LogP contribution in [0.15, 0.2) is 46.8 Å². The maximum atomic E-state index is 13.5. The standard InChI is InChI=1S/C15H11FN2O2S/c16-13-4-2-1-3-10(13)7-11(19)8-18-9-17-14-12(15(18)20)5-6-21-14/h1-6,9H,7-8H2. The fraction of sp³-hybridized carbons (Fsp3) is 0.133. The van der Waals surface area contributed by atoms with Crippen LogP contribution in [0.25, 0.3) is 10.2 Å². The van der Waals surface area contributed by atoms with Crippen LogP contribution >= 0.6 is 11.3 Å². The fourth-order valence-corrected chi connectivity index (χ4v) is 2.83. The first-order chi connectivity index (χ1) is 10.1. The van der Waals surface area contributed by atoms with Gasteiger partial charge in [0, 0.05) is 6.42 Å². The van der Waals surface area contributed by atoms with E-state index in [1.54, 1.807) is 29.6 Å². The van der Waals surface area contributed by atoms with Crippen molar-refractivity contribution in [3.8, 4) is 0 Å². The molecule has 0 fully saturated rings. The Kier molecular flexibility index (Phi) is 3.62. The first kappa shape index (κ1) is 13.6. The van der Waals surface area contributed by atoms with Gasteiger partial charge in [0.05, 0.1) is 18.3 Å². The summed E-state index contributed by atoms with van der Waals surface area (Å²) in [5.41, 5.74) is 0.0863. The van der Waals surface area contributed by atoms with Gasteiger partial charge in [-0.15, -0.1) is 11.3 Å². The zero-order valence-electron chi connectivity index (χ0n) is 11.0. The third-order valence-corrected chi connectivity index (χ3v) is 3.96. The van der Waals surface area contributed by atoms with Crippen LogP contribution < -0.4 is 5.56 Å². The molecule has 0 bridgehead atoms. The van der Waals surface area contributed by atoms with Crippen molar-refractivity contribution >= 4 is 27.3 Å². The highest BCUT2D eigenvalue weighted by atomic mass is 32.1. The zero-order valence-corrected chi connectivity index (χ0v) is 11.8. The Hall–Kier alpha value is -2.34. The van der Waals surface area contributed by atoms with Crippen molar-refractivity contribution in [3.63, 3.8) is 0 Å². The minimum atomic E-state index is -0.412. The molecule has 3 rings (SSSR count). The molecular weight excluding hydrogens is 291 g/mol. The molecule has 0 aliphatic heterocycles. The molecule has 0 saturated heterocycles. The number of benzene rings is 1. The highest BCUT2D eigenvalue weighted by Gasteiger charge is 2.11. The molecule has 1 aromatic carbocycles. The lowest BCUT2D eigenvalue weighted by atomic mass is 10.1. The summed E-state index contributed by atoms with van der Waals surface area (Å²) in [6.07, 6.45) is 1.32. The first-order valence-corrected chi connectivity index (χ1v) is 7.21. The van der Waals surface area contributed by atoms with Gasteiger partial charge in [-0.1, -0.05) is 18.2 Å². The highest BCUT2D eigenvalue weighted by Crippen LogP contribution is 2.13. The molecule has 6 heteroatoms. The molecule has 0 atom stereocenters. The molecule has 0 saturated carbocycles. The minimum absolute atomic E-state index is 0.0409. The van der Waals surface area contributed by atoms with Crippen LogP contribution in [0, 0.1) is 5.82 Å². The van der Waals surface area contributed by atoms with Crippen molar-refractivity contribution in [2.75, 3.05) is 0 Å². The van der Waals surface area contributed by atoms with E-state index < -0.39 is 5.82 Å². The van der Waals surface area contributed by atoms with E-state index in [9.17, 15) is 14.0 Å². The second kappa shape index (κ2) is 5.57. The molecule has 3 aromatic rings. The molecule has 0 radical (unpaired) electrons. The van der Waals surface area contributed by atoms with Crippen molar-refractivity contribution in [2.45, 2.75) is 13.0 Å². The predicted octanol–water partition coefficient (Wildman–Crippen LogP) is 2.41. The van der Waals surface area contributed by atoms with Crippen LogP contribution in [0.5, 0.6) is 0 Å². The Morgan fingerprint density at radius 2 is 2.10 bits per heavy atom. The van der Waals surface area contributed by atoms with E-state index in [-0.39, 0.29) is 24.3 Å². The van der Waals surface area contributed by atoms with Crippen LogP contribution in [0.2, 0.25) is 0 Å². The number of hydrogen-bond donors (Lipinski definition) is 0. The van der Waals surface area contributed by atoms with Crippen molar-refractivity contribution in [2.24, 2.45) is 0 Å². The predicted molar refractivity (Wildman–Crippen MR) is 79.0 cm³/mol. The summed E-state index contributed by atoms with van der Waals surface area (Å²) in [5.74, 6) is -0.650. The van der Waals surface area contributed by atoms with E-state index in [1.165, 1.54) is 28.3 Å². The van der Waals surface area contributed by atoms with Gasteiger partial charge >= 0.3 is 0 Å². The molecule has 0 aliphatic carbocycles. The highest BCUT2D eigenvalue weighted by molar-refractivity contribution is 7.16. The molecular formula is C15H11FN2O2S. The van der Waals surface area contributed by atoms with Crippen LogP contribution in [0.1, 0.15) is 5.56 Å². The second-order valence-electron chi connectivity index (χ2n) is 4.62. The smallest absolute Gasteiger partial charge is 0.262 e. The van der Waals surface area contributed by atoms with E-state index in [0.717, 1.165) is 0 Å². The number of halogens is 1. The zero-order chi connectivity index (χ0) is 14.8. The largest absolute Gasteiger partial charge is 0.297 e. The lowest BCUT2D eigenvalue weighted by Crippen LogP contribution is -2.25. The number of carbonyl (C=O) groups is 1. The molecule has 21 heavy (non-hydrogen) atoms. The summed E-state index contributed by atoms with van der Waals surface area (Å²) in [6, 6.07) is 7.82. The van der Waals surface area contributed by atoms with Crippen molar-refractivity contribution in [1.82, 2.24) is 9.55 Å². The summed E-state index contributed by atoms with van der Waals surface area (Å²) in [6.45, 7) is -0.105. The van der Waals surface area contributed by atoms with Crippen molar-refractivity contribution in [3.05, 3.63) is 63.8 Å². The molecule has 2 aromatic heterocycles. The van der Waals surface area contributed by atoms with Gasteiger partial charge in [-0.3, -0.25) is 14.2 Å². The van der Waals surface area contributed by atoms with Crippen LogP contribution in [-0.4, -0.2) is 15.3 Å². The van der Waals surface area contributed by atoms with Gasteiger partial charge in [-0.25, -0.2) is 9.37 Å². The minimum Gasteiger partial charge on any atom is -0.297 e. The second-order valence-corrected chi connectivity index (χ2v) is 5.52. The first-order valence-electron chi connectivity index (χ1n) is 6.33. The van der Waals surface area contributed by atoms with E-state index in [0.29, 0.717) is 15.8 Å². The van der Waals surface area contributed by atoms with Crippen LogP contribution in [-0.2, 0) is 17.8 Å². The van der Waals surface area contributed by atoms with E-state index >= 15 is 0 Å². The Balaban J connectivity index is 1.82. The Morgan fingerprint density at radius 1 is 1.29 bits per heavy atom. The molecule has 2 heterocycles. The topological polar surface area (TPSA) is 52.0 Å². The number of carbonyl (C=O) groups excluding carboxylic acids is 1. The summed E-state index contributed by atoms with van der Waals surface area (Å²) in [7, 11) is 0. The van der Waals surface area contributed by atoms with Crippen LogP contribution in [0.4, 0.5) is 4.39 Å². The van der Waals surface area contributed by atoms with Crippen molar-refractivity contribution in [1.29, 1.82) is 0 Å². The maximum Gasteiger partial charge on any atom is 0.262 e. The summed E-state index contributed by atoms with van der Waals surface area (Å²) < 4.78 is 14.8. The average molecular weight is 302 g/mol. The number of thiophene rings is 1. The van der Waals surface area contributed by atoms with Gasteiger partial charge < -0.3 is 0 Å². The lowest BCUT2D eigenvalue weighted by molar-refractivity contribution is -0.119. The lowest BCUT2D eigenvalue weighted by Gasteiger charge is -2.05. The maximum absolute atomic E-state index is 13.5. The summed E-state index contributed by atoms with van der Waals surface area (Å²) in [4.78, 5) is 28.9. The van der Waals surface area contributed by atoms with Gasteiger partial charge in [-0.2, -0.15) is 0 Å². The number of aromatic nitrogens is 2. The van der Waals surface area contributed by atoms with Gasteiger partial charge in [0.2, 0.25) is 0 Å². The number of fused-ring (bicyclic) bond motifs is 1. The third kappa shape index (κ3) is 2.75. The average Bonchev–Trinajstić information content (AvgIpc) is 2.94. The summed E-state index contributed by atoms with van der Waals surface area (Å²) >= 11 is 1.37. The molecule has 106 valence electrons. The number of Topliss-reactive ketones (excluding diaryl/α,β-unsaturated/α-hetero) is 1. The van der Waals surface area contributed by atoms with E-state index in [2.05, 4.69) is 4.98 Å². The SMILES string of the molecule is O=C(Cc1ccccc1F)Cn1cnc2sccc2c1=O. The molecule has 4 nitrogen and oxygen atoms in total. The Labute approximate surface area is 123 Å². The van der Waals surface area contributed by atoms with Gasteiger partial charge in [0.25, 0.3) is 5.56 Å². The molecule has 0 spiro atoms. The van der Waals surface area contributed by atoms with E-state index in [1.807, 2.05) is 0 Å². The van der Waals surface area contributed by atoms with Gasteiger partial charge in [0.15, 0.2) is 5.78 Å². The van der Waals surface area contributed by atoms with Crippen LogP contribution in [0.3, 0.4) is 0 Å². The Morgan fingerprint density at radius 3 is 2.90 bits per heavy atom. The molecule has 0 amide bonds. The molecule has 0 N–H and O–H groups in total. The van der Waals surface area contributed by atoms with Crippen molar-refractivity contribution < 1.29 is 9.18 Å². The third-order valence-electron chi connectivity index (χ3n) is 3.14. The Bertz CT molecular complexity index is 869. The number of ketones is 1. The van der Waals surface area contributed by atoms with Gasteiger partial charge in [0.1, 0.15) is 10.6 Å². The normalized spacial score (nSPS) is 10.9. The number of hydrogen-bond acceptors (Lipinski definition) is 4. The fourth-order valence-electron chi connectivity index (χ4n) is 2.11.